The van der Waals surface area contributed by atoms with Crippen molar-refractivity contribution < 1.29 is 4.79 Å². The molecule has 6 nitrogen and oxygen atoms in total. The molecule has 0 unspecified atom stereocenters. The number of carbonyl (C=O) groups is 1. The molecule has 0 aliphatic carbocycles. The van der Waals surface area contributed by atoms with Crippen LogP contribution in [-0.4, -0.2) is 32.8 Å². The number of nitrogens with zero attached hydrogens (tertiary/aromatic N) is 4. The Labute approximate surface area is 132 Å². The van der Waals surface area contributed by atoms with Crippen LogP contribution in [0, 0.1) is 0 Å². The molecule has 0 aliphatic rings. The second-order valence-corrected chi connectivity index (χ2v) is 5.51. The maximum atomic E-state index is 12.1. The summed E-state index contributed by atoms with van der Waals surface area (Å²) >= 11 is 11.9. The Balaban J connectivity index is 1.98. The first-order valence-corrected chi connectivity index (χ1v) is 7.01. The number of hydrogen-bond donors (Lipinski definition) is 1. The van der Waals surface area contributed by atoms with Crippen molar-refractivity contribution in [1.29, 1.82) is 0 Å². The van der Waals surface area contributed by atoms with E-state index in [1.165, 1.54) is 4.68 Å². The molecule has 0 spiro atoms. The Morgan fingerprint density at radius 2 is 2.00 bits per heavy atom. The zero-order chi connectivity index (χ0) is 15.4. The molecule has 1 aromatic heterocycles. The van der Waals surface area contributed by atoms with E-state index in [1.54, 1.807) is 36.3 Å². The third-order valence-electron chi connectivity index (χ3n) is 2.86. The fraction of sp³-hybridized carbons (Fsp3) is 0.308. The van der Waals surface area contributed by atoms with E-state index in [-0.39, 0.29) is 12.5 Å². The Kier molecular flexibility index (Phi) is 5.17. The lowest BCUT2D eigenvalue weighted by Crippen LogP contribution is -2.30. The van der Waals surface area contributed by atoms with E-state index in [4.69, 9.17) is 28.9 Å². The summed E-state index contributed by atoms with van der Waals surface area (Å²) in [7, 11) is 1.71. The van der Waals surface area contributed by atoms with Crippen LogP contribution in [0.3, 0.4) is 0 Å². The number of benzene rings is 1. The van der Waals surface area contributed by atoms with Crippen molar-refractivity contribution in [2.24, 2.45) is 5.73 Å². The minimum Gasteiger partial charge on any atom is -0.340 e. The van der Waals surface area contributed by atoms with Gasteiger partial charge in [-0.25, -0.2) is 4.68 Å². The molecule has 1 heterocycles. The molecular weight excluding hydrogens is 313 g/mol. The molecule has 0 saturated heterocycles. The van der Waals surface area contributed by atoms with Gasteiger partial charge >= 0.3 is 0 Å². The van der Waals surface area contributed by atoms with Gasteiger partial charge in [-0.05, 0) is 23.8 Å². The van der Waals surface area contributed by atoms with E-state index in [2.05, 4.69) is 10.3 Å². The topological polar surface area (TPSA) is 77.0 Å². The quantitative estimate of drug-likeness (QED) is 0.906. The molecule has 0 atom stereocenters. The van der Waals surface area contributed by atoms with Crippen LogP contribution in [0.25, 0.3) is 0 Å². The van der Waals surface area contributed by atoms with Crippen LogP contribution >= 0.6 is 23.2 Å². The molecule has 0 saturated carbocycles. The highest BCUT2D eigenvalue weighted by atomic mass is 35.5. The third kappa shape index (κ3) is 4.42. The van der Waals surface area contributed by atoms with Crippen molar-refractivity contribution >= 4 is 29.1 Å². The highest BCUT2D eigenvalue weighted by Crippen LogP contribution is 2.19. The van der Waals surface area contributed by atoms with E-state index < -0.39 is 0 Å². The first-order valence-electron chi connectivity index (χ1n) is 6.26. The summed E-state index contributed by atoms with van der Waals surface area (Å²) in [5, 5.41) is 8.77. The minimum absolute atomic E-state index is 0.0976. The monoisotopic (exact) mass is 327 g/mol. The predicted molar refractivity (Wildman–Crippen MR) is 80.8 cm³/mol. The van der Waals surface area contributed by atoms with Gasteiger partial charge in [-0.3, -0.25) is 4.79 Å². The van der Waals surface area contributed by atoms with Gasteiger partial charge in [-0.15, -0.1) is 5.10 Å². The molecular formula is C13H15Cl2N5O. The number of nitrogens with two attached hydrogens (primary N) is 1. The second-order valence-electron chi connectivity index (χ2n) is 4.64. The van der Waals surface area contributed by atoms with Gasteiger partial charge < -0.3 is 10.6 Å². The zero-order valence-electron chi connectivity index (χ0n) is 11.5. The molecule has 8 heteroatoms. The van der Waals surface area contributed by atoms with Gasteiger partial charge in [-0.2, -0.15) is 0 Å². The van der Waals surface area contributed by atoms with Gasteiger partial charge in [0.2, 0.25) is 5.91 Å². The fourth-order valence-corrected chi connectivity index (χ4v) is 2.40. The molecule has 0 radical (unpaired) electrons. The van der Waals surface area contributed by atoms with E-state index in [0.717, 1.165) is 5.56 Å². The van der Waals surface area contributed by atoms with Crippen LogP contribution in [0.15, 0.2) is 24.4 Å². The van der Waals surface area contributed by atoms with E-state index in [1.807, 2.05) is 0 Å². The zero-order valence-corrected chi connectivity index (χ0v) is 13.0. The molecule has 2 aromatic rings. The van der Waals surface area contributed by atoms with Crippen molar-refractivity contribution in [3.63, 3.8) is 0 Å². The van der Waals surface area contributed by atoms with Gasteiger partial charge in [0.25, 0.3) is 0 Å². The summed E-state index contributed by atoms with van der Waals surface area (Å²) < 4.78 is 1.46. The maximum Gasteiger partial charge on any atom is 0.244 e. The first kappa shape index (κ1) is 15.8. The minimum atomic E-state index is -0.0976. The van der Waals surface area contributed by atoms with Crippen LogP contribution in [0.5, 0.6) is 0 Å². The molecule has 0 bridgehead atoms. The molecule has 112 valence electrons. The van der Waals surface area contributed by atoms with Gasteiger partial charge in [0.1, 0.15) is 6.54 Å². The van der Waals surface area contributed by atoms with E-state index in [9.17, 15) is 4.79 Å². The molecule has 1 aromatic carbocycles. The number of hydrogen-bond acceptors (Lipinski definition) is 4. The first-order chi connectivity index (χ1) is 9.97. The average molecular weight is 328 g/mol. The lowest BCUT2D eigenvalue weighted by atomic mass is 10.2. The van der Waals surface area contributed by atoms with Crippen molar-refractivity contribution in [2.45, 2.75) is 19.6 Å². The summed E-state index contributed by atoms with van der Waals surface area (Å²) in [6.45, 7) is 0.820. The van der Waals surface area contributed by atoms with Gasteiger partial charge in [0.05, 0.1) is 11.9 Å². The summed E-state index contributed by atoms with van der Waals surface area (Å²) in [4.78, 5) is 13.7. The number of halogens is 2. The summed E-state index contributed by atoms with van der Waals surface area (Å²) in [6.07, 6.45) is 1.65. The number of likely N-dealkylation sites (N-methyl/N-ethyl adjacent to an activating group) is 1. The molecule has 1 amide bonds. The van der Waals surface area contributed by atoms with Crippen molar-refractivity contribution in [1.82, 2.24) is 19.9 Å². The lowest BCUT2D eigenvalue weighted by molar-refractivity contribution is -0.131. The highest BCUT2D eigenvalue weighted by molar-refractivity contribution is 6.34. The molecule has 21 heavy (non-hydrogen) atoms. The number of aromatic nitrogens is 3. The maximum absolute atomic E-state index is 12.1. The van der Waals surface area contributed by atoms with E-state index >= 15 is 0 Å². The van der Waals surface area contributed by atoms with Gasteiger partial charge in [-0.1, -0.05) is 28.4 Å². The smallest absolute Gasteiger partial charge is 0.244 e. The van der Waals surface area contributed by atoms with Crippen molar-refractivity contribution in [3.05, 3.63) is 45.7 Å². The summed E-state index contributed by atoms with van der Waals surface area (Å²) in [5.41, 5.74) is 6.96. The highest BCUT2D eigenvalue weighted by Gasteiger charge is 2.12. The Morgan fingerprint density at radius 3 is 2.57 bits per heavy atom. The number of carbonyl (C=O) groups excluding carboxylic acids is 1. The Morgan fingerprint density at radius 1 is 1.33 bits per heavy atom. The molecule has 0 aliphatic heterocycles. The van der Waals surface area contributed by atoms with Crippen molar-refractivity contribution in [3.8, 4) is 0 Å². The third-order valence-corrected chi connectivity index (χ3v) is 3.30. The van der Waals surface area contributed by atoms with Gasteiger partial charge in [0, 0.05) is 30.2 Å². The van der Waals surface area contributed by atoms with Crippen LogP contribution in [0.1, 0.15) is 11.3 Å². The summed E-state index contributed by atoms with van der Waals surface area (Å²) in [6, 6.07) is 5.20. The average Bonchev–Trinajstić information content (AvgIpc) is 2.85. The summed E-state index contributed by atoms with van der Waals surface area (Å²) in [5.74, 6) is -0.0976. The van der Waals surface area contributed by atoms with Crippen LogP contribution in [0.2, 0.25) is 10.0 Å². The molecule has 2 N–H and O–H groups in total. The number of amides is 1. The van der Waals surface area contributed by atoms with Crippen molar-refractivity contribution in [2.75, 3.05) is 7.05 Å². The Bertz CT molecular complexity index is 623. The lowest BCUT2D eigenvalue weighted by Gasteiger charge is -2.17. The standard InChI is InChI=1S/C13H15Cl2N5O/c1-19(6-9-2-10(14)4-11(15)3-9)13(21)8-20-7-12(5-16)17-18-20/h2-4,7H,5-6,8,16H2,1H3. The van der Waals surface area contributed by atoms with Crippen LogP contribution in [0.4, 0.5) is 0 Å². The van der Waals surface area contributed by atoms with Crippen LogP contribution in [-0.2, 0) is 24.4 Å². The second kappa shape index (κ2) is 6.89. The van der Waals surface area contributed by atoms with Gasteiger partial charge in [0.15, 0.2) is 0 Å². The van der Waals surface area contributed by atoms with Crippen LogP contribution < -0.4 is 5.73 Å². The Hall–Kier alpha value is -1.63. The number of rotatable bonds is 5. The van der Waals surface area contributed by atoms with E-state index in [0.29, 0.717) is 28.8 Å². The molecule has 0 fully saturated rings. The normalized spacial score (nSPS) is 10.7. The predicted octanol–water partition coefficient (Wildman–Crippen LogP) is 1.70. The molecule has 2 rings (SSSR count). The SMILES string of the molecule is CN(Cc1cc(Cl)cc(Cl)c1)C(=O)Cn1cc(CN)nn1. The largest absolute Gasteiger partial charge is 0.340 e. The fourth-order valence-electron chi connectivity index (χ4n) is 1.83.